The quantitative estimate of drug-likeness (QED) is 0.822. The van der Waals surface area contributed by atoms with Gasteiger partial charge in [-0.3, -0.25) is 0 Å². The minimum absolute atomic E-state index is 0.0640. The van der Waals surface area contributed by atoms with Crippen molar-refractivity contribution in [2.75, 3.05) is 7.11 Å². The zero-order valence-electron chi connectivity index (χ0n) is 8.00. The minimum Gasteiger partial charge on any atom is -0.481 e. The van der Waals surface area contributed by atoms with Crippen molar-refractivity contribution in [3.05, 3.63) is 22.9 Å². The Bertz CT molecular complexity index is 401. The van der Waals surface area contributed by atoms with Gasteiger partial charge in [0, 0.05) is 6.54 Å². The molecule has 1 heterocycles. The fourth-order valence-electron chi connectivity index (χ4n) is 1.15. The Hall–Kier alpha value is -1.74. The van der Waals surface area contributed by atoms with Crippen molar-refractivity contribution in [1.29, 1.82) is 5.26 Å². The molecular weight excluding hydrogens is 204 g/mol. The third-order valence-electron chi connectivity index (χ3n) is 1.82. The van der Waals surface area contributed by atoms with Gasteiger partial charge in [-0.25, -0.2) is 13.8 Å². The summed E-state index contributed by atoms with van der Waals surface area (Å²) in [6.07, 6.45) is -2.80. The summed E-state index contributed by atoms with van der Waals surface area (Å²) >= 11 is 0. The van der Waals surface area contributed by atoms with Crippen molar-refractivity contribution in [2.24, 2.45) is 5.73 Å². The first-order valence-electron chi connectivity index (χ1n) is 4.10. The molecule has 0 saturated carbocycles. The Kier molecular flexibility index (Phi) is 3.52. The number of hydrogen-bond acceptors (Lipinski definition) is 4. The lowest BCUT2D eigenvalue weighted by molar-refractivity contribution is 0.145. The van der Waals surface area contributed by atoms with E-state index in [1.807, 2.05) is 0 Å². The van der Waals surface area contributed by atoms with Crippen LogP contribution in [0.2, 0.25) is 0 Å². The van der Waals surface area contributed by atoms with Crippen LogP contribution < -0.4 is 10.5 Å². The van der Waals surface area contributed by atoms with Crippen molar-refractivity contribution < 1.29 is 13.5 Å². The molecule has 1 aromatic rings. The van der Waals surface area contributed by atoms with Crippen LogP contribution in [0.4, 0.5) is 8.78 Å². The van der Waals surface area contributed by atoms with E-state index in [0.717, 1.165) is 0 Å². The first-order chi connectivity index (χ1) is 7.13. The summed E-state index contributed by atoms with van der Waals surface area (Å²) in [5, 5.41) is 8.70. The Balaban J connectivity index is 3.41. The minimum atomic E-state index is -2.80. The van der Waals surface area contributed by atoms with E-state index in [1.54, 1.807) is 6.07 Å². The van der Waals surface area contributed by atoms with Gasteiger partial charge < -0.3 is 10.5 Å². The van der Waals surface area contributed by atoms with Crippen molar-refractivity contribution in [3.8, 4) is 11.9 Å². The molecule has 4 nitrogen and oxygen atoms in total. The second-order valence-corrected chi connectivity index (χ2v) is 2.70. The molecule has 15 heavy (non-hydrogen) atoms. The molecule has 0 aliphatic rings. The van der Waals surface area contributed by atoms with E-state index in [9.17, 15) is 8.78 Å². The van der Waals surface area contributed by atoms with E-state index in [2.05, 4.69) is 4.98 Å². The van der Waals surface area contributed by atoms with Crippen LogP contribution in [0.1, 0.15) is 23.2 Å². The Labute approximate surface area is 85.3 Å². The van der Waals surface area contributed by atoms with Crippen LogP contribution >= 0.6 is 0 Å². The van der Waals surface area contributed by atoms with Gasteiger partial charge in [-0.1, -0.05) is 0 Å². The van der Waals surface area contributed by atoms with Gasteiger partial charge in [0.05, 0.1) is 30.0 Å². The molecule has 0 unspecified atom stereocenters. The highest BCUT2D eigenvalue weighted by Gasteiger charge is 2.21. The number of ether oxygens (including phenoxy) is 1. The van der Waals surface area contributed by atoms with Crippen molar-refractivity contribution in [2.45, 2.75) is 13.0 Å². The summed E-state index contributed by atoms with van der Waals surface area (Å²) in [5.74, 6) is -0.246. The van der Waals surface area contributed by atoms with Crippen LogP contribution in [0.15, 0.2) is 6.07 Å². The SMILES string of the molecule is COc1nc(CN)cc(C#N)c1C(F)F. The molecule has 0 atom stereocenters. The Morgan fingerprint density at radius 2 is 2.33 bits per heavy atom. The molecule has 0 bridgehead atoms. The van der Waals surface area contributed by atoms with Crippen molar-refractivity contribution >= 4 is 0 Å². The second-order valence-electron chi connectivity index (χ2n) is 2.70. The number of halogens is 2. The van der Waals surface area contributed by atoms with Crippen molar-refractivity contribution in [1.82, 2.24) is 4.98 Å². The van der Waals surface area contributed by atoms with Gasteiger partial charge in [0.15, 0.2) is 0 Å². The molecule has 80 valence electrons. The zero-order valence-corrected chi connectivity index (χ0v) is 8.00. The number of pyridine rings is 1. The number of methoxy groups -OCH3 is 1. The molecular formula is C9H9F2N3O. The van der Waals surface area contributed by atoms with Crippen LogP contribution in [0, 0.1) is 11.3 Å². The van der Waals surface area contributed by atoms with Crippen LogP contribution in [0.5, 0.6) is 5.88 Å². The smallest absolute Gasteiger partial charge is 0.270 e. The molecule has 1 rings (SSSR count). The van der Waals surface area contributed by atoms with Gasteiger partial charge in [0.25, 0.3) is 6.43 Å². The second kappa shape index (κ2) is 4.66. The third-order valence-corrected chi connectivity index (χ3v) is 1.82. The van der Waals surface area contributed by atoms with E-state index < -0.39 is 12.0 Å². The lowest BCUT2D eigenvalue weighted by Gasteiger charge is -2.09. The molecule has 0 aromatic carbocycles. The molecule has 2 N–H and O–H groups in total. The van der Waals surface area contributed by atoms with E-state index in [-0.39, 0.29) is 18.0 Å². The number of alkyl halides is 2. The number of rotatable bonds is 3. The van der Waals surface area contributed by atoms with Crippen LogP contribution in [-0.4, -0.2) is 12.1 Å². The van der Waals surface area contributed by atoms with E-state index in [0.29, 0.717) is 5.69 Å². The monoisotopic (exact) mass is 213 g/mol. The molecule has 1 aromatic heterocycles. The molecule has 0 spiro atoms. The van der Waals surface area contributed by atoms with Crippen LogP contribution in [0.25, 0.3) is 0 Å². The third kappa shape index (κ3) is 2.19. The van der Waals surface area contributed by atoms with E-state index in [1.165, 1.54) is 13.2 Å². The maximum atomic E-state index is 12.6. The van der Waals surface area contributed by atoms with Gasteiger partial charge in [0.2, 0.25) is 5.88 Å². The molecule has 6 heteroatoms. The molecule has 0 amide bonds. The number of nitrogens with two attached hydrogens (primary N) is 1. The van der Waals surface area contributed by atoms with Gasteiger partial charge in [-0.2, -0.15) is 5.26 Å². The molecule has 0 radical (unpaired) electrons. The predicted molar refractivity (Wildman–Crippen MR) is 48.4 cm³/mol. The normalized spacial score (nSPS) is 10.1. The number of nitriles is 1. The highest BCUT2D eigenvalue weighted by Crippen LogP contribution is 2.30. The standard InChI is InChI=1S/C9H9F2N3O/c1-15-9-7(8(10)11)5(3-12)2-6(4-13)14-9/h2,8H,4,13H2,1H3. The number of hydrogen-bond donors (Lipinski definition) is 1. The zero-order chi connectivity index (χ0) is 11.4. The largest absolute Gasteiger partial charge is 0.481 e. The van der Waals surface area contributed by atoms with Crippen LogP contribution in [0.3, 0.4) is 0 Å². The summed E-state index contributed by atoms with van der Waals surface area (Å²) < 4.78 is 29.9. The predicted octanol–water partition coefficient (Wildman–Crippen LogP) is 1.36. The fraction of sp³-hybridized carbons (Fsp3) is 0.333. The highest BCUT2D eigenvalue weighted by molar-refractivity contribution is 5.45. The number of aromatic nitrogens is 1. The van der Waals surface area contributed by atoms with Crippen molar-refractivity contribution in [3.63, 3.8) is 0 Å². The average Bonchev–Trinajstić information content (AvgIpc) is 2.26. The van der Waals surface area contributed by atoms with Gasteiger partial charge >= 0.3 is 0 Å². The highest BCUT2D eigenvalue weighted by atomic mass is 19.3. The lowest BCUT2D eigenvalue weighted by atomic mass is 10.1. The fourth-order valence-corrected chi connectivity index (χ4v) is 1.15. The first kappa shape index (κ1) is 11.3. The number of nitrogens with zero attached hydrogens (tertiary/aromatic N) is 2. The lowest BCUT2D eigenvalue weighted by Crippen LogP contribution is -2.06. The Morgan fingerprint density at radius 3 is 2.73 bits per heavy atom. The molecule has 0 aliphatic heterocycles. The summed E-state index contributed by atoms with van der Waals surface area (Å²) in [4.78, 5) is 3.76. The summed E-state index contributed by atoms with van der Waals surface area (Å²) in [7, 11) is 1.22. The maximum absolute atomic E-state index is 12.6. The van der Waals surface area contributed by atoms with Gasteiger partial charge in [-0.05, 0) is 6.07 Å². The Morgan fingerprint density at radius 1 is 1.67 bits per heavy atom. The topological polar surface area (TPSA) is 71.9 Å². The molecule has 0 aliphatic carbocycles. The molecule has 0 saturated heterocycles. The first-order valence-corrected chi connectivity index (χ1v) is 4.10. The summed E-state index contributed by atoms with van der Waals surface area (Å²) in [5.41, 5.74) is 5.00. The van der Waals surface area contributed by atoms with Gasteiger partial charge in [-0.15, -0.1) is 0 Å². The van der Waals surface area contributed by atoms with Gasteiger partial charge in [0.1, 0.15) is 0 Å². The summed E-state index contributed by atoms with van der Waals surface area (Å²) in [6, 6.07) is 2.91. The van der Waals surface area contributed by atoms with E-state index in [4.69, 9.17) is 15.7 Å². The summed E-state index contributed by atoms with van der Waals surface area (Å²) in [6.45, 7) is 0.0640. The maximum Gasteiger partial charge on any atom is 0.270 e. The van der Waals surface area contributed by atoms with E-state index >= 15 is 0 Å². The average molecular weight is 213 g/mol. The van der Waals surface area contributed by atoms with Crippen LogP contribution in [-0.2, 0) is 6.54 Å². The molecule has 0 fully saturated rings.